The Labute approximate surface area is 116 Å². The van der Waals surface area contributed by atoms with Gasteiger partial charge < -0.3 is 15.0 Å². The summed E-state index contributed by atoms with van der Waals surface area (Å²) in [5.41, 5.74) is 0.266. The van der Waals surface area contributed by atoms with Crippen molar-refractivity contribution in [2.75, 3.05) is 25.0 Å². The van der Waals surface area contributed by atoms with Crippen LogP contribution in [0.15, 0.2) is 18.2 Å². The van der Waals surface area contributed by atoms with Crippen molar-refractivity contribution in [3.63, 3.8) is 0 Å². The predicted octanol–water partition coefficient (Wildman–Crippen LogP) is 0.595. The third kappa shape index (κ3) is 3.98. The lowest BCUT2D eigenvalue weighted by atomic mass is 10.2. The highest BCUT2D eigenvalue weighted by Crippen LogP contribution is 2.12. The molecule has 1 saturated heterocycles. The van der Waals surface area contributed by atoms with E-state index in [2.05, 4.69) is 5.32 Å². The molecule has 6 heteroatoms. The minimum Gasteiger partial charge on any atom is -0.364 e. The third-order valence-corrected chi connectivity index (χ3v) is 3.23. The molecule has 2 rings (SSSR count). The van der Waals surface area contributed by atoms with E-state index in [0.717, 1.165) is 30.1 Å². The molecular weight excluding hydrogens is 266 g/mol. The maximum atomic E-state index is 13.0. The number of hydrogen-bond donors (Lipinski definition) is 2. The molecule has 2 atom stereocenters. The molecule has 2 N–H and O–H groups in total. The van der Waals surface area contributed by atoms with E-state index in [1.807, 2.05) is 13.8 Å². The number of anilines is 1. The van der Waals surface area contributed by atoms with Gasteiger partial charge in [0.15, 0.2) is 18.2 Å². The van der Waals surface area contributed by atoms with Crippen molar-refractivity contribution in [2.45, 2.75) is 26.1 Å². The maximum absolute atomic E-state index is 13.0. The lowest BCUT2D eigenvalue weighted by Gasteiger charge is -2.31. The first-order chi connectivity index (χ1) is 9.44. The van der Waals surface area contributed by atoms with Crippen LogP contribution < -0.4 is 10.2 Å². The Kier molecular flexibility index (Phi) is 4.67. The Morgan fingerprint density at radius 2 is 1.95 bits per heavy atom. The summed E-state index contributed by atoms with van der Waals surface area (Å²) in [7, 11) is 0. The van der Waals surface area contributed by atoms with Crippen molar-refractivity contribution in [3.8, 4) is 0 Å². The van der Waals surface area contributed by atoms with Gasteiger partial charge in [0.2, 0.25) is 0 Å². The number of morpholine rings is 1. The van der Waals surface area contributed by atoms with Gasteiger partial charge in [0, 0.05) is 11.8 Å². The molecule has 4 nitrogen and oxygen atoms in total. The zero-order valence-electron chi connectivity index (χ0n) is 11.6. The van der Waals surface area contributed by atoms with Crippen LogP contribution in [0.25, 0.3) is 0 Å². The van der Waals surface area contributed by atoms with Gasteiger partial charge in [0.25, 0.3) is 5.91 Å². The van der Waals surface area contributed by atoms with E-state index in [1.54, 1.807) is 0 Å². The van der Waals surface area contributed by atoms with E-state index in [1.165, 1.54) is 6.07 Å². The second-order valence-corrected chi connectivity index (χ2v) is 5.27. The molecule has 1 fully saturated rings. The summed E-state index contributed by atoms with van der Waals surface area (Å²) in [6, 6.07) is 3.32. The number of ether oxygens (including phenoxy) is 1. The van der Waals surface area contributed by atoms with Gasteiger partial charge in [-0.3, -0.25) is 4.79 Å². The average Bonchev–Trinajstić information content (AvgIpc) is 2.32. The fourth-order valence-electron chi connectivity index (χ4n) is 2.54. The average molecular weight is 285 g/mol. The number of rotatable bonds is 3. The molecule has 20 heavy (non-hydrogen) atoms. The monoisotopic (exact) mass is 285 g/mol. The zero-order valence-corrected chi connectivity index (χ0v) is 11.6. The van der Waals surface area contributed by atoms with Gasteiger partial charge in [-0.05, 0) is 26.0 Å². The Bertz CT molecular complexity index is 486. The molecular formula is C14H19F2N2O2+. The van der Waals surface area contributed by atoms with E-state index in [9.17, 15) is 13.6 Å². The summed E-state index contributed by atoms with van der Waals surface area (Å²) in [5, 5.41) is 2.58. The van der Waals surface area contributed by atoms with Crippen LogP contribution in [0.5, 0.6) is 0 Å². The second kappa shape index (κ2) is 6.28. The van der Waals surface area contributed by atoms with Crippen LogP contribution in [0.1, 0.15) is 13.8 Å². The molecule has 1 heterocycles. The third-order valence-electron chi connectivity index (χ3n) is 3.23. The molecule has 1 aliphatic rings. The van der Waals surface area contributed by atoms with Crippen LogP contribution >= 0.6 is 0 Å². The predicted molar refractivity (Wildman–Crippen MR) is 70.6 cm³/mol. The molecule has 1 aromatic rings. The SMILES string of the molecule is C[C@@H]1C[NH+](CC(=O)Nc2ccc(F)c(F)c2)C[C@@H](C)O1. The molecule has 0 aromatic heterocycles. The van der Waals surface area contributed by atoms with Gasteiger partial charge in [-0.1, -0.05) is 0 Å². The minimum atomic E-state index is -0.969. The molecule has 0 aliphatic carbocycles. The fourth-order valence-corrected chi connectivity index (χ4v) is 2.54. The molecule has 1 aliphatic heterocycles. The molecule has 0 unspecified atom stereocenters. The molecule has 110 valence electrons. The van der Waals surface area contributed by atoms with Gasteiger partial charge >= 0.3 is 0 Å². The molecule has 0 saturated carbocycles. The molecule has 0 spiro atoms. The van der Waals surface area contributed by atoms with Gasteiger partial charge in [-0.2, -0.15) is 0 Å². The summed E-state index contributed by atoms with van der Waals surface area (Å²) in [6.45, 7) is 5.76. The van der Waals surface area contributed by atoms with Crippen molar-refractivity contribution in [3.05, 3.63) is 29.8 Å². The number of hydrogen-bond acceptors (Lipinski definition) is 2. The first-order valence-corrected chi connectivity index (χ1v) is 6.68. The van der Waals surface area contributed by atoms with E-state index < -0.39 is 11.6 Å². The lowest BCUT2D eigenvalue weighted by molar-refractivity contribution is -0.907. The Morgan fingerprint density at radius 3 is 2.55 bits per heavy atom. The van der Waals surface area contributed by atoms with Crippen molar-refractivity contribution in [2.24, 2.45) is 0 Å². The van der Waals surface area contributed by atoms with Crippen LogP contribution in [0.2, 0.25) is 0 Å². The standard InChI is InChI=1S/C14H18F2N2O2/c1-9-6-18(7-10(2)20-9)8-14(19)17-11-3-4-12(15)13(16)5-11/h3-5,9-10H,6-8H2,1-2H3,(H,17,19)/p+1/t9-,10-/m1/s1. The number of halogens is 2. The van der Waals surface area contributed by atoms with Crippen LogP contribution in [0, 0.1) is 11.6 Å². The van der Waals surface area contributed by atoms with Gasteiger partial charge in [0.1, 0.15) is 25.3 Å². The summed E-state index contributed by atoms with van der Waals surface area (Å²) < 4.78 is 31.4. The van der Waals surface area contributed by atoms with Gasteiger partial charge in [-0.25, -0.2) is 8.78 Å². The number of quaternary nitrogens is 1. The number of carbonyl (C=O) groups is 1. The molecule has 0 radical (unpaired) electrons. The van der Waals surface area contributed by atoms with Crippen LogP contribution in [0.4, 0.5) is 14.5 Å². The van der Waals surface area contributed by atoms with Gasteiger partial charge in [-0.15, -0.1) is 0 Å². The summed E-state index contributed by atoms with van der Waals surface area (Å²) >= 11 is 0. The smallest absolute Gasteiger partial charge is 0.279 e. The fraction of sp³-hybridized carbons (Fsp3) is 0.500. The van der Waals surface area contributed by atoms with Crippen molar-refractivity contribution < 1.29 is 23.2 Å². The van der Waals surface area contributed by atoms with Gasteiger partial charge in [0.05, 0.1) is 0 Å². The molecule has 0 bridgehead atoms. The van der Waals surface area contributed by atoms with E-state index in [-0.39, 0.29) is 30.3 Å². The molecule has 1 amide bonds. The van der Waals surface area contributed by atoms with Crippen LogP contribution in [-0.4, -0.2) is 37.7 Å². The van der Waals surface area contributed by atoms with Crippen molar-refractivity contribution in [1.29, 1.82) is 0 Å². The topological polar surface area (TPSA) is 42.8 Å². The largest absolute Gasteiger partial charge is 0.364 e. The second-order valence-electron chi connectivity index (χ2n) is 5.27. The number of nitrogens with one attached hydrogen (secondary N) is 2. The Hall–Kier alpha value is -1.53. The number of carbonyl (C=O) groups excluding carboxylic acids is 1. The lowest BCUT2D eigenvalue weighted by Crippen LogP contribution is -3.16. The first-order valence-electron chi connectivity index (χ1n) is 6.68. The highest BCUT2D eigenvalue weighted by molar-refractivity contribution is 5.91. The first kappa shape index (κ1) is 14.9. The summed E-state index contributed by atoms with van der Waals surface area (Å²) in [5.74, 6) is -2.11. The van der Waals surface area contributed by atoms with E-state index in [0.29, 0.717) is 0 Å². The van der Waals surface area contributed by atoms with Crippen molar-refractivity contribution >= 4 is 11.6 Å². The van der Waals surface area contributed by atoms with E-state index >= 15 is 0 Å². The van der Waals surface area contributed by atoms with Crippen molar-refractivity contribution in [1.82, 2.24) is 0 Å². The van der Waals surface area contributed by atoms with Crippen LogP contribution in [-0.2, 0) is 9.53 Å². The van der Waals surface area contributed by atoms with Crippen LogP contribution in [0.3, 0.4) is 0 Å². The maximum Gasteiger partial charge on any atom is 0.279 e. The highest BCUT2D eigenvalue weighted by atomic mass is 19.2. The number of amides is 1. The highest BCUT2D eigenvalue weighted by Gasteiger charge is 2.27. The Morgan fingerprint density at radius 1 is 1.30 bits per heavy atom. The summed E-state index contributed by atoms with van der Waals surface area (Å²) in [6.07, 6.45) is 0.231. The zero-order chi connectivity index (χ0) is 14.7. The minimum absolute atomic E-state index is 0.116. The normalized spacial score (nSPS) is 26.3. The summed E-state index contributed by atoms with van der Waals surface area (Å²) in [4.78, 5) is 13.0. The Balaban J connectivity index is 1.90. The van der Waals surface area contributed by atoms with E-state index in [4.69, 9.17) is 4.74 Å². The number of benzene rings is 1. The molecule has 1 aromatic carbocycles. The quantitative estimate of drug-likeness (QED) is 0.854.